The van der Waals surface area contributed by atoms with Crippen LogP contribution in [0.3, 0.4) is 0 Å². The van der Waals surface area contributed by atoms with Gasteiger partial charge in [0.1, 0.15) is 11.5 Å². The van der Waals surface area contributed by atoms with Crippen LogP contribution in [0.5, 0.6) is 5.75 Å². The van der Waals surface area contributed by atoms with Crippen LogP contribution >= 0.6 is 0 Å². The van der Waals surface area contributed by atoms with E-state index in [1.54, 1.807) is 7.11 Å². The van der Waals surface area contributed by atoms with Gasteiger partial charge in [-0.15, -0.1) is 0 Å². The number of nitrogens with zero attached hydrogens (tertiary/aromatic N) is 1. The average Bonchev–Trinajstić information content (AvgIpc) is 2.86. The van der Waals surface area contributed by atoms with Gasteiger partial charge in [-0.25, -0.2) is 0 Å². The van der Waals surface area contributed by atoms with E-state index < -0.39 is 0 Å². The van der Waals surface area contributed by atoms with Gasteiger partial charge in [-0.3, -0.25) is 9.69 Å². The monoisotopic (exact) mass is 245 g/mol. The predicted molar refractivity (Wildman–Crippen MR) is 69.7 cm³/mol. The van der Waals surface area contributed by atoms with E-state index in [4.69, 9.17) is 4.74 Å². The summed E-state index contributed by atoms with van der Waals surface area (Å²) in [5, 5.41) is 0. The highest BCUT2D eigenvalue weighted by Gasteiger charge is 2.37. The molecule has 0 amide bonds. The highest BCUT2D eigenvalue weighted by Crippen LogP contribution is 2.38. The smallest absolute Gasteiger partial charge is 0.136 e. The molecule has 2 aliphatic heterocycles. The van der Waals surface area contributed by atoms with E-state index in [2.05, 4.69) is 17.0 Å². The molecule has 2 heterocycles. The summed E-state index contributed by atoms with van der Waals surface area (Å²) < 4.78 is 5.18. The molecule has 3 heteroatoms. The number of methoxy groups -OCH3 is 1. The van der Waals surface area contributed by atoms with E-state index in [0.717, 1.165) is 18.7 Å². The lowest BCUT2D eigenvalue weighted by molar-refractivity contribution is -0.124. The third-order valence-electron chi connectivity index (χ3n) is 4.21. The van der Waals surface area contributed by atoms with E-state index in [9.17, 15) is 4.79 Å². The van der Waals surface area contributed by atoms with Crippen molar-refractivity contribution in [2.24, 2.45) is 0 Å². The maximum absolute atomic E-state index is 11.9. The van der Waals surface area contributed by atoms with Crippen LogP contribution in [0.4, 0.5) is 0 Å². The van der Waals surface area contributed by atoms with Gasteiger partial charge in [0.15, 0.2) is 0 Å². The minimum atomic E-state index is 0.282. The van der Waals surface area contributed by atoms with Gasteiger partial charge in [-0.2, -0.15) is 0 Å². The van der Waals surface area contributed by atoms with E-state index >= 15 is 0 Å². The standard InChI is InChI=1S/C15H19NO2/c1-18-14-6-4-11(5-7-14)15-10-13(17)9-12-3-2-8-16(12)15/h4-7,12,15H,2-3,8-10H2,1H3. The molecule has 0 aromatic heterocycles. The Hall–Kier alpha value is -1.35. The van der Waals surface area contributed by atoms with Crippen LogP contribution in [-0.4, -0.2) is 30.4 Å². The second-order valence-electron chi connectivity index (χ2n) is 5.27. The predicted octanol–water partition coefficient (Wildman–Crippen LogP) is 2.56. The lowest BCUT2D eigenvalue weighted by Crippen LogP contribution is -2.40. The maximum Gasteiger partial charge on any atom is 0.136 e. The third-order valence-corrected chi connectivity index (χ3v) is 4.21. The van der Waals surface area contributed by atoms with E-state index in [1.807, 2.05) is 12.1 Å². The zero-order chi connectivity index (χ0) is 12.5. The Morgan fingerprint density at radius 2 is 2.00 bits per heavy atom. The van der Waals surface area contributed by atoms with E-state index in [0.29, 0.717) is 18.2 Å². The number of hydrogen-bond acceptors (Lipinski definition) is 3. The van der Waals surface area contributed by atoms with Crippen LogP contribution in [0.15, 0.2) is 24.3 Å². The molecular weight excluding hydrogens is 226 g/mol. The van der Waals surface area contributed by atoms with Gasteiger partial charge in [0.25, 0.3) is 0 Å². The molecule has 96 valence electrons. The summed E-state index contributed by atoms with van der Waals surface area (Å²) in [4.78, 5) is 14.4. The van der Waals surface area contributed by atoms with Crippen molar-refractivity contribution >= 4 is 5.78 Å². The molecule has 18 heavy (non-hydrogen) atoms. The first-order valence-electron chi connectivity index (χ1n) is 6.69. The van der Waals surface area contributed by atoms with Crippen molar-refractivity contribution in [2.45, 2.75) is 37.8 Å². The zero-order valence-electron chi connectivity index (χ0n) is 10.8. The van der Waals surface area contributed by atoms with Crippen LogP contribution in [0, 0.1) is 0 Å². The van der Waals surface area contributed by atoms with Crippen molar-refractivity contribution in [3.63, 3.8) is 0 Å². The number of carbonyl (C=O) groups excluding carboxylic acids is 1. The van der Waals surface area contributed by atoms with E-state index in [1.165, 1.54) is 18.4 Å². The van der Waals surface area contributed by atoms with Gasteiger partial charge in [0, 0.05) is 24.9 Å². The topological polar surface area (TPSA) is 29.5 Å². The lowest BCUT2D eigenvalue weighted by atomic mass is 9.91. The fourth-order valence-corrected chi connectivity index (χ4v) is 3.30. The number of hydrogen-bond donors (Lipinski definition) is 0. The summed E-state index contributed by atoms with van der Waals surface area (Å²) in [5.41, 5.74) is 1.25. The summed E-state index contributed by atoms with van der Waals surface area (Å²) >= 11 is 0. The lowest BCUT2D eigenvalue weighted by Gasteiger charge is -2.37. The number of carbonyl (C=O) groups is 1. The Labute approximate surface area is 108 Å². The van der Waals surface area contributed by atoms with Gasteiger partial charge < -0.3 is 4.74 Å². The number of benzene rings is 1. The zero-order valence-corrected chi connectivity index (χ0v) is 10.8. The fraction of sp³-hybridized carbons (Fsp3) is 0.533. The van der Waals surface area contributed by atoms with Crippen molar-refractivity contribution in [3.8, 4) is 5.75 Å². The Kier molecular flexibility index (Phi) is 3.08. The summed E-state index contributed by atoms with van der Waals surface area (Å²) in [7, 11) is 1.68. The molecule has 0 spiro atoms. The fourth-order valence-electron chi connectivity index (χ4n) is 3.30. The van der Waals surface area contributed by atoms with Crippen LogP contribution in [0.2, 0.25) is 0 Å². The molecule has 2 unspecified atom stereocenters. The summed E-state index contributed by atoms with van der Waals surface area (Å²) in [6, 6.07) is 8.93. The Bertz CT molecular complexity index is 440. The number of ether oxygens (including phenoxy) is 1. The number of Topliss-reactive ketones (excluding diaryl/α,β-unsaturated/α-hetero) is 1. The molecule has 2 saturated heterocycles. The Morgan fingerprint density at radius 3 is 2.72 bits per heavy atom. The van der Waals surface area contributed by atoms with Crippen molar-refractivity contribution in [1.29, 1.82) is 0 Å². The number of piperidine rings is 1. The first-order chi connectivity index (χ1) is 8.78. The van der Waals surface area contributed by atoms with Crippen molar-refractivity contribution in [3.05, 3.63) is 29.8 Å². The quantitative estimate of drug-likeness (QED) is 0.802. The average molecular weight is 245 g/mol. The van der Waals surface area contributed by atoms with Crippen LogP contribution in [0.25, 0.3) is 0 Å². The molecule has 3 rings (SSSR count). The van der Waals surface area contributed by atoms with Gasteiger partial charge in [-0.05, 0) is 37.1 Å². The minimum Gasteiger partial charge on any atom is -0.497 e. The molecule has 0 N–H and O–H groups in total. The van der Waals surface area contributed by atoms with Crippen molar-refractivity contribution in [1.82, 2.24) is 4.90 Å². The maximum atomic E-state index is 11.9. The number of fused-ring (bicyclic) bond motifs is 1. The molecule has 0 bridgehead atoms. The van der Waals surface area contributed by atoms with E-state index in [-0.39, 0.29) is 6.04 Å². The molecule has 2 fully saturated rings. The number of ketones is 1. The van der Waals surface area contributed by atoms with Gasteiger partial charge >= 0.3 is 0 Å². The van der Waals surface area contributed by atoms with Crippen LogP contribution in [0.1, 0.15) is 37.3 Å². The van der Waals surface area contributed by atoms with Crippen molar-refractivity contribution < 1.29 is 9.53 Å². The van der Waals surface area contributed by atoms with Gasteiger partial charge in [0.05, 0.1) is 7.11 Å². The summed E-state index contributed by atoms with van der Waals surface area (Å²) in [5.74, 6) is 1.29. The second kappa shape index (κ2) is 4.73. The molecule has 1 aromatic rings. The van der Waals surface area contributed by atoms with Crippen molar-refractivity contribution in [2.75, 3.05) is 13.7 Å². The molecule has 3 nitrogen and oxygen atoms in total. The largest absolute Gasteiger partial charge is 0.497 e. The molecule has 0 saturated carbocycles. The highest BCUT2D eigenvalue weighted by atomic mass is 16.5. The SMILES string of the molecule is COc1ccc(C2CC(=O)CC3CCCN32)cc1. The molecular formula is C15H19NO2. The first-order valence-corrected chi connectivity index (χ1v) is 6.69. The van der Waals surface area contributed by atoms with Gasteiger partial charge in [0.2, 0.25) is 0 Å². The van der Waals surface area contributed by atoms with Crippen LogP contribution in [-0.2, 0) is 4.79 Å². The summed E-state index contributed by atoms with van der Waals surface area (Å²) in [6.07, 6.45) is 3.83. The molecule has 2 atom stereocenters. The summed E-state index contributed by atoms with van der Waals surface area (Å²) in [6.45, 7) is 1.13. The van der Waals surface area contributed by atoms with Crippen LogP contribution < -0.4 is 4.74 Å². The Balaban J connectivity index is 1.86. The molecule has 1 aromatic carbocycles. The second-order valence-corrected chi connectivity index (χ2v) is 5.27. The third kappa shape index (κ3) is 2.03. The molecule has 0 radical (unpaired) electrons. The Morgan fingerprint density at radius 1 is 1.22 bits per heavy atom. The first kappa shape index (κ1) is 11.7. The normalized spacial score (nSPS) is 28.2. The molecule has 2 aliphatic rings. The minimum absolute atomic E-state index is 0.282. The van der Waals surface area contributed by atoms with Gasteiger partial charge in [-0.1, -0.05) is 12.1 Å². The highest BCUT2D eigenvalue weighted by molar-refractivity contribution is 5.80. The molecule has 0 aliphatic carbocycles. The number of rotatable bonds is 2.